The number of hydrogen-bond acceptors (Lipinski definition) is 0. The van der Waals surface area contributed by atoms with E-state index in [1.807, 2.05) is 0 Å². The first-order chi connectivity index (χ1) is 5.27. The smallest absolute Gasteiger partial charge is 0.0290 e. The summed E-state index contributed by atoms with van der Waals surface area (Å²) in [5, 5.41) is 0. The van der Waals surface area contributed by atoms with Crippen molar-refractivity contribution >= 4 is 0 Å². The maximum atomic E-state index is 2.29. The van der Waals surface area contributed by atoms with Gasteiger partial charge in [0.15, 0.2) is 0 Å². The summed E-state index contributed by atoms with van der Waals surface area (Å²) in [5.41, 5.74) is 0. The molecule has 0 saturated heterocycles. The first kappa shape index (κ1) is 10.5. The zero-order valence-electron chi connectivity index (χ0n) is 8.01. The molecular weight excluding hydrogens is 132 g/mol. The van der Waals surface area contributed by atoms with Crippen LogP contribution in [0.3, 0.4) is 0 Å². The maximum Gasteiger partial charge on any atom is -0.0290 e. The number of unbranched alkanes of at least 4 members (excludes halogenated alkanes) is 2. The average Bonchev–Trinajstić information content (AvgIpc) is 1.96. The van der Waals surface area contributed by atoms with Crippen LogP contribution in [-0.4, -0.2) is 0 Å². The van der Waals surface area contributed by atoms with Crippen LogP contribution in [0.2, 0.25) is 0 Å². The third-order valence-corrected chi connectivity index (χ3v) is 1.50. The Morgan fingerprint density at radius 3 is 2.27 bits per heavy atom. The zero-order chi connectivity index (χ0) is 8.53. The summed E-state index contributed by atoms with van der Waals surface area (Å²) in [6.07, 6.45) is 12.6. The molecule has 0 aliphatic heterocycles. The Morgan fingerprint density at radius 1 is 1.09 bits per heavy atom. The van der Waals surface area contributed by atoms with Crippen LogP contribution >= 0.6 is 0 Å². The molecular formula is C11H20. The summed E-state index contributed by atoms with van der Waals surface area (Å²) in [6, 6.07) is 0. The van der Waals surface area contributed by atoms with Crippen molar-refractivity contribution in [1.82, 2.24) is 0 Å². The van der Waals surface area contributed by atoms with Gasteiger partial charge in [0, 0.05) is 0 Å². The van der Waals surface area contributed by atoms with Crippen LogP contribution in [0.5, 0.6) is 0 Å². The van der Waals surface area contributed by atoms with Crippen LogP contribution in [0.25, 0.3) is 0 Å². The quantitative estimate of drug-likeness (QED) is 0.413. The van der Waals surface area contributed by atoms with Gasteiger partial charge in [-0.2, -0.15) is 0 Å². The normalized spacial score (nSPS) is 12.4. The summed E-state index contributed by atoms with van der Waals surface area (Å²) in [6.45, 7) is 6.49. The molecule has 11 heavy (non-hydrogen) atoms. The lowest BCUT2D eigenvalue weighted by molar-refractivity contribution is 0.808. The first-order valence-electron chi connectivity index (χ1n) is 4.55. The van der Waals surface area contributed by atoms with E-state index in [9.17, 15) is 0 Å². The van der Waals surface area contributed by atoms with E-state index in [-0.39, 0.29) is 0 Å². The molecule has 0 aliphatic carbocycles. The molecule has 0 saturated carbocycles. The van der Waals surface area contributed by atoms with Crippen molar-refractivity contribution in [3.8, 4) is 0 Å². The standard InChI is InChI=1S/C11H20/c1-4-5-6-7-8-9-10-11(2)3/h4-5,9-11H,6-8H2,1-3H3. The van der Waals surface area contributed by atoms with E-state index >= 15 is 0 Å². The molecule has 0 atom stereocenters. The second kappa shape index (κ2) is 7.59. The molecule has 0 amide bonds. The summed E-state index contributed by atoms with van der Waals surface area (Å²) >= 11 is 0. The second-order valence-corrected chi connectivity index (χ2v) is 3.17. The Balaban J connectivity index is 3.14. The number of allylic oxidation sites excluding steroid dienone is 4. The fraction of sp³-hybridized carbons (Fsp3) is 0.636. The average molecular weight is 152 g/mol. The van der Waals surface area contributed by atoms with Gasteiger partial charge in [0.1, 0.15) is 0 Å². The Kier molecular flexibility index (Phi) is 7.23. The van der Waals surface area contributed by atoms with Crippen LogP contribution in [-0.2, 0) is 0 Å². The highest BCUT2D eigenvalue weighted by molar-refractivity contribution is 4.85. The van der Waals surface area contributed by atoms with E-state index in [4.69, 9.17) is 0 Å². The second-order valence-electron chi connectivity index (χ2n) is 3.17. The molecule has 0 radical (unpaired) electrons. The molecule has 0 heteroatoms. The molecule has 0 aromatic heterocycles. The fourth-order valence-electron chi connectivity index (χ4n) is 0.889. The highest BCUT2D eigenvalue weighted by atomic mass is 13.9. The fourth-order valence-corrected chi connectivity index (χ4v) is 0.889. The minimum Gasteiger partial charge on any atom is -0.0917 e. The lowest BCUT2D eigenvalue weighted by Crippen LogP contribution is -1.77. The molecule has 0 fully saturated rings. The minimum absolute atomic E-state index is 0.705. The highest BCUT2D eigenvalue weighted by Gasteiger charge is 1.83. The third kappa shape index (κ3) is 9.48. The lowest BCUT2D eigenvalue weighted by Gasteiger charge is -1.93. The van der Waals surface area contributed by atoms with Gasteiger partial charge in [0.25, 0.3) is 0 Å². The first-order valence-corrected chi connectivity index (χ1v) is 4.55. The van der Waals surface area contributed by atoms with Gasteiger partial charge in [0.05, 0.1) is 0 Å². The van der Waals surface area contributed by atoms with Gasteiger partial charge in [-0.15, -0.1) is 0 Å². The molecule has 0 unspecified atom stereocenters. The molecule has 0 aromatic carbocycles. The molecule has 0 N–H and O–H groups in total. The lowest BCUT2D eigenvalue weighted by atomic mass is 10.1. The van der Waals surface area contributed by atoms with E-state index in [2.05, 4.69) is 45.1 Å². The predicted molar refractivity (Wildman–Crippen MR) is 52.6 cm³/mol. The monoisotopic (exact) mass is 152 g/mol. The van der Waals surface area contributed by atoms with Gasteiger partial charge in [-0.05, 0) is 32.1 Å². The molecule has 0 nitrogen and oxygen atoms in total. The predicted octanol–water partition coefficient (Wildman–Crippen LogP) is 3.95. The Bertz CT molecular complexity index is 118. The van der Waals surface area contributed by atoms with Gasteiger partial charge in [-0.1, -0.05) is 38.2 Å². The van der Waals surface area contributed by atoms with Crippen LogP contribution in [0.1, 0.15) is 40.0 Å². The van der Waals surface area contributed by atoms with Gasteiger partial charge < -0.3 is 0 Å². The van der Waals surface area contributed by atoms with Crippen molar-refractivity contribution in [3.05, 3.63) is 24.3 Å². The molecule has 0 rings (SSSR count). The van der Waals surface area contributed by atoms with E-state index in [1.165, 1.54) is 19.3 Å². The van der Waals surface area contributed by atoms with E-state index < -0.39 is 0 Å². The van der Waals surface area contributed by atoms with Gasteiger partial charge in [-0.3, -0.25) is 0 Å². The molecule has 0 heterocycles. The van der Waals surface area contributed by atoms with Crippen molar-refractivity contribution in [2.24, 2.45) is 5.92 Å². The number of hydrogen-bond donors (Lipinski definition) is 0. The van der Waals surface area contributed by atoms with Gasteiger partial charge >= 0.3 is 0 Å². The third-order valence-electron chi connectivity index (χ3n) is 1.50. The molecule has 0 bridgehead atoms. The van der Waals surface area contributed by atoms with Crippen molar-refractivity contribution in [2.75, 3.05) is 0 Å². The number of rotatable bonds is 5. The molecule has 0 aliphatic rings. The van der Waals surface area contributed by atoms with Crippen LogP contribution in [0.4, 0.5) is 0 Å². The SMILES string of the molecule is CC=CCCCC=CC(C)C. The van der Waals surface area contributed by atoms with E-state index in [0.717, 1.165) is 0 Å². The Hall–Kier alpha value is -0.520. The minimum atomic E-state index is 0.705. The summed E-state index contributed by atoms with van der Waals surface area (Å²) in [5.74, 6) is 0.705. The largest absolute Gasteiger partial charge is 0.0917 e. The van der Waals surface area contributed by atoms with Gasteiger partial charge in [-0.25, -0.2) is 0 Å². The zero-order valence-corrected chi connectivity index (χ0v) is 8.01. The maximum absolute atomic E-state index is 2.29. The van der Waals surface area contributed by atoms with Crippen LogP contribution in [0, 0.1) is 5.92 Å². The summed E-state index contributed by atoms with van der Waals surface area (Å²) in [4.78, 5) is 0. The molecule has 0 aromatic rings. The Labute approximate surface area is 71.0 Å². The highest BCUT2D eigenvalue weighted by Crippen LogP contribution is 2.00. The van der Waals surface area contributed by atoms with Crippen molar-refractivity contribution in [1.29, 1.82) is 0 Å². The van der Waals surface area contributed by atoms with Gasteiger partial charge in [0.2, 0.25) is 0 Å². The summed E-state index contributed by atoms with van der Waals surface area (Å²) in [7, 11) is 0. The Morgan fingerprint density at radius 2 is 1.73 bits per heavy atom. The van der Waals surface area contributed by atoms with E-state index in [1.54, 1.807) is 0 Å². The summed E-state index contributed by atoms with van der Waals surface area (Å²) < 4.78 is 0. The molecule has 0 spiro atoms. The van der Waals surface area contributed by atoms with Crippen molar-refractivity contribution in [3.63, 3.8) is 0 Å². The van der Waals surface area contributed by atoms with Crippen molar-refractivity contribution < 1.29 is 0 Å². The topological polar surface area (TPSA) is 0 Å². The molecule has 64 valence electrons. The van der Waals surface area contributed by atoms with Crippen LogP contribution in [0.15, 0.2) is 24.3 Å². The van der Waals surface area contributed by atoms with Crippen LogP contribution < -0.4 is 0 Å². The van der Waals surface area contributed by atoms with E-state index in [0.29, 0.717) is 5.92 Å². The van der Waals surface area contributed by atoms with Crippen molar-refractivity contribution in [2.45, 2.75) is 40.0 Å².